The molecule has 0 spiro atoms. The number of hydrogen-bond donors (Lipinski definition) is 2. The van der Waals surface area contributed by atoms with E-state index in [1.165, 1.54) is 25.9 Å². The van der Waals surface area contributed by atoms with Gasteiger partial charge in [-0.1, -0.05) is 6.07 Å². The average molecular weight is 339 g/mol. The van der Waals surface area contributed by atoms with E-state index >= 15 is 0 Å². The van der Waals surface area contributed by atoms with Gasteiger partial charge in [-0.15, -0.1) is 0 Å². The van der Waals surface area contributed by atoms with Crippen molar-refractivity contribution < 1.29 is 9.53 Å². The van der Waals surface area contributed by atoms with Crippen molar-refractivity contribution in [2.45, 2.75) is 19.8 Å². The van der Waals surface area contributed by atoms with Crippen molar-refractivity contribution >= 4 is 17.3 Å². The maximum Gasteiger partial charge on any atom is 0.255 e. The standard InChI is InChI=1S/C20H25N3O2/c1-15-13-18(22-20(24)16-5-4-6-17(21)14-16)7-8-19(15)25-12-11-23-9-2-3-10-23/h4-8,13-14H,2-3,9-12,21H2,1H3,(H,22,24). The minimum atomic E-state index is -0.172. The number of nitrogens with one attached hydrogen (secondary N) is 1. The monoisotopic (exact) mass is 339 g/mol. The van der Waals surface area contributed by atoms with E-state index in [-0.39, 0.29) is 5.91 Å². The summed E-state index contributed by atoms with van der Waals surface area (Å²) in [5.74, 6) is 0.690. The van der Waals surface area contributed by atoms with E-state index in [1.807, 2.05) is 25.1 Å². The van der Waals surface area contributed by atoms with Crippen LogP contribution in [0, 0.1) is 6.92 Å². The highest BCUT2D eigenvalue weighted by molar-refractivity contribution is 6.04. The molecule has 3 N–H and O–H groups in total. The van der Waals surface area contributed by atoms with Crippen LogP contribution in [0.5, 0.6) is 5.75 Å². The Morgan fingerprint density at radius 3 is 2.72 bits per heavy atom. The van der Waals surface area contributed by atoms with Gasteiger partial charge in [0.1, 0.15) is 12.4 Å². The number of nitrogens with two attached hydrogens (primary N) is 1. The Balaban J connectivity index is 1.56. The molecule has 0 atom stereocenters. The number of carbonyl (C=O) groups is 1. The van der Waals surface area contributed by atoms with Gasteiger partial charge in [-0.2, -0.15) is 0 Å². The lowest BCUT2D eigenvalue weighted by atomic mass is 10.1. The summed E-state index contributed by atoms with van der Waals surface area (Å²) < 4.78 is 5.89. The number of carbonyl (C=O) groups excluding carboxylic acids is 1. The molecule has 0 unspecified atom stereocenters. The number of amides is 1. The number of likely N-dealkylation sites (tertiary alicyclic amines) is 1. The Hall–Kier alpha value is -2.53. The Morgan fingerprint density at radius 1 is 1.20 bits per heavy atom. The first-order valence-corrected chi connectivity index (χ1v) is 8.74. The summed E-state index contributed by atoms with van der Waals surface area (Å²) in [6.45, 7) is 6.00. The molecule has 1 saturated heterocycles. The number of hydrogen-bond acceptors (Lipinski definition) is 4. The second-order valence-corrected chi connectivity index (χ2v) is 6.46. The summed E-state index contributed by atoms with van der Waals surface area (Å²) in [6.07, 6.45) is 2.58. The van der Waals surface area contributed by atoms with Crippen LogP contribution in [0.1, 0.15) is 28.8 Å². The molecule has 1 amide bonds. The van der Waals surface area contributed by atoms with Crippen LogP contribution < -0.4 is 15.8 Å². The van der Waals surface area contributed by atoms with E-state index in [4.69, 9.17) is 10.5 Å². The van der Waals surface area contributed by atoms with Crippen molar-refractivity contribution in [3.63, 3.8) is 0 Å². The molecule has 0 saturated carbocycles. The largest absolute Gasteiger partial charge is 0.492 e. The number of ether oxygens (including phenoxy) is 1. The summed E-state index contributed by atoms with van der Waals surface area (Å²) >= 11 is 0. The molecule has 25 heavy (non-hydrogen) atoms. The van der Waals surface area contributed by atoms with E-state index in [2.05, 4.69) is 10.2 Å². The van der Waals surface area contributed by atoms with Gasteiger partial charge in [0.05, 0.1) is 0 Å². The van der Waals surface area contributed by atoms with E-state index in [1.54, 1.807) is 24.3 Å². The average Bonchev–Trinajstić information content (AvgIpc) is 3.10. The normalized spacial score (nSPS) is 14.4. The van der Waals surface area contributed by atoms with Crippen LogP contribution in [0.15, 0.2) is 42.5 Å². The molecule has 1 fully saturated rings. The van der Waals surface area contributed by atoms with Crippen LogP contribution in [0.4, 0.5) is 11.4 Å². The van der Waals surface area contributed by atoms with Gasteiger partial charge < -0.3 is 15.8 Å². The molecule has 0 bridgehead atoms. The van der Waals surface area contributed by atoms with E-state index in [0.29, 0.717) is 17.9 Å². The maximum atomic E-state index is 12.3. The van der Waals surface area contributed by atoms with Crippen molar-refractivity contribution in [2.24, 2.45) is 0 Å². The fourth-order valence-electron chi connectivity index (χ4n) is 3.06. The predicted molar refractivity (Wildman–Crippen MR) is 101 cm³/mol. The van der Waals surface area contributed by atoms with Crippen LogP contribution in [-0.2, 0) is 0 Å². The summed E-state index contributed by atoms with van der Waals surface area (Å²) in [5, 5.41) is 2.90. The molecular formula is C20H25N3O2. The zero-order valence-corrected chi connectivity index (χ0v) is 14.6. The lowest BCUT2D eigenvalue weighted by molar-refractivity contribution is 0.102. The van der Waals surface area contributed by atoms with Gasteiger partial charge in [0.25, 0.3) is 5.91 Å². The van der Waals surface area contributed by atoms with Crippen LogP contribution in [0.2, 0.25) is 0 Å². The molecule has 2 aromatic carbocycles. The molecule has 0 radical (unpaired) electrons. The molecule has 5 heteroatoms. The van der Waals surface area contributed by atoms with Crippen molar-refractivity contribution in [1.29, 1.82) is 0 Å². The smallest absolute Gasteiger partial charge is 0.255 e. The number of benzene rings is 2. The highest BCUT2D eigenvalue weighted by Crippen LogP contribution is 2.22. The number of anilines is 2. The third-order valence-corrected chi connectivity index (χ3v) is 4.45. The van der Waals surface area contributed by atoms with Gasteiger partial charge in [0.15, 0.2) is 0 Å². The second kappa shape index (κ2) is 8.03. The summed E-state index contributed by atoms with van der Waals surface area (Å²) in [7, 11) is 0. The Labute approximate surface area is 148 Å². The SMILES string of the molecule is Cc1cc(NC(=O)c2cccc(N)c2)ccc1OCCN1CCCC1. The first-order chi connectivity index (χ1) is 12.1. The molecule has 1 aliphatic heterocycles. The van der Waals surface area contributed by atoms with Crippen LogP contribution in [-0.4, -0.2) is 37.0 Å². The summed E-state index contributed by atoms with van der Waals surface area (Å²) in [6, 6.07) is 12.6. The minimum Gasteiger partial charge on any atom is -0.492 e. The lowest BCUT2D eigenvalue weighted by Gasteiger charge is -2.16. The van der Waals surface area contributed by atoms with Crippen LogP contribution in [0.3, 0.4) is 0 Å². The van der Waals surface area contributed by atoms with Crippen molar-refractivity contribution in [3.8, 4) is 5.75 Å². The van der Waals surface area contributed by atoms with Gasteiger partial charge in [0.2, 0.25) is 0 Å². The maximum absolute atomic E-state index is 12.3. The van der Waals surface area contributed by atoms with Gasteiger partial charge in [-0.25, -0.2) is 0 Å². The number of aryl methyl sites for hydroxylation is 1. The quantitative estimate of drug-likeness (QED) is 0.793. The van der Waals surface area contributed by atoms with Crippen molar-refractivity contribution in [3.05, 3.63) is 53.6 Å². The molecule has 2 aromatic rings. The molecular weight excluding hydrogens is 314 g/mol. The van der Waals surface area contributed by atoms with Gasteiger partial charge >= 0.3 is 0 Å². The zero-order chi connectivity index (χ0) is 17.6. The number of nitrogens with zero attached hydrogens (tertiary/aromatic N) is 1. The third-order valence-electron chi connectivity index (χ3n) is 4.45. The molecule has 1 aliphatic rings. The summed E-state index contributed by atoms with van der Waals surface area (Å²) in [4.78, 5) is 14.7. The van der Waals surface area contributed by atoms with Gasteiger partial charge in [-0.3, -0.25) is 9.69 Å². The number of rotatable bonds is 6. The van der Waals surface area contributed by atoms with Crippen molar-refractivity contribution in [2.75, 3.05) is 37.3 Å². The van der Waals surface area contributed by atoms with E-state index in [0.717, 1.165) is 23.5 Å². The minimum absolute atomic E-state index is 0.172. The molecule has 1 heterocycles. The molecule has 0 aliphatic carbocycles. The highest BCUT2D eigenvalue weighted by atomic mass is 16.5. The molecule has 5 nitrogen and oxygen atoms in total. The highest BCUT2D eigenvalue weighted by Gasteiger charge is 2.12. The Kier molecular flexibility index (Phi) is 5.56. The first-order valence-electron chi connectivity index (χ1n) is 8.74. The lowest BCUT2D eigenvalue weighted by Crippen LogP contribution is -2.25. The fraction of sp³-hybridized carbons (Fsp3) is 0.350. The summed E-state index contributed by atoms with van der Waals surface area (Å²) in [5.41, 5.74) is 8.60. The first kappa shape index (κ1) is 17.3. The topological polar surface area (TPSA) is 67.6 Å². The third kappa shape index (κ3) is 4.73. The predicted octanol–water partition coefficient (Wildman–Crippen LogP) is 3.30. The van der Waals surface area contributed by atoms with E-state index in [9.17, 15) is 4.79 Å². The van der Waals surface area contributed by atoms with Gasteiger partial charge in [-0.05, 0) is 74.8 Å². The van der Waals surface area contributed by atoms with Crippen LogP contribution >= 0.6 is 0 Å². The van der Waals surface area contributed by atoms with Gasteiger partial charge in [0, 0.05) is 23.5 Å². The molecule has 0 aromatic heterocycles. The molecule has 132 valence electrons. The Morgan fingerprint density at radius 2 is 2.00 bits per heavy atom. The molecule has 3 rings (SSSR count). The number of nitrogen functional groups attached to an aromatic ring is 1. The van der Waals surface area contributed by atoms with Crippen LogP contribution in [0.25, 0.3) is 0 Å². The zero-order valence-electron chi connectivity index (χ0n) is 14.6. The van der Waals surface area contributed by atoms with Crippen molar-refractivity contribution in [1.82, 2.24) is 4.90 Å². The Bertz CT molecular complexity index is 739. The van der Waals surface area contributed by atoms with E-state index < -0.39 is 0 Å². The second-order valence-electron chi connectivity index (χ2n) is 6.46. The fourth-order valence-corrected chi connectivity index (χ4v) is 3.06.